The molecular formula is C21H25FN2O2. The quantitative estimate of drug-likeness (QED) is 0.774. The third-order valence-corrected chi connectivity index (χ3v) is 4.54. The Morgan fingerprint density at radius 1 is 1.00 bits per heavy atom. The molecule has 138 valence electrons. The Bertz CT molecular complexity index is 815. The summed E-state index contributed by atoms with van der Waals surface area (Å²) >= 11 is 0. The predicted molar refractivity (Wildman–Crippen MR) is 101 cm³/mol. The van der Waals surface area contributed by atoms with Crippen molar-refractivity contribution in [2.75, 3.05) is 11.9 Å². The first-order valence-electron chi connectivity index (χ1n) is 8.62. The largest absolute Gasteiger partial charge is 0.355 e. The molecule has 0 radical (unpaired) electrons. The first-order chi connectivity index (χ1) is 12.2. The highest BCUT2D eigenvalue weighted by atomic mass is 19.1. The Morgan fingerprint density at radius 2 is 1.69 bits per heavy atom. The van der Waals surface area contributed by atoms with Gasteiger partial charge in [0.2, 0.25) is 11.8 Å². The number of amides is 2. The summed E-state index contributed by atoms with van der Waals surface area (Å²) in [6.07, 6.45) is 0.368. The lowest BCUT2D eigenvalue weighted by atomic mass is 9.90. The second-order valence-corrected chi connectivity index (χ2v) is 6.98. The van der Waals surface area contributed by atoms with E-state index in [1.807, 2.05) is 32.0 Å². The molecule has 2 aromatic rings. The van der Waals surface area contributed by atoms with Crippen molar-refractivity contribution in [3.8, 4) is 0 Å². The summed E-state index contributed by atoms with van der Waals surface area (Å²) in [6, 6.07) is 12.0. The van der Waals surface area contributed by atoms with Crippen LogP contribution >= 0.6 is 0 Å². The van der Waals surface area contributed by atoms with Gasteiger partial charge in [0.05, 0.1) is 0 Å². The van der Waals surface area contributed by atoms with Crippen molar-refractivity contribution >= 4 is 17.5 Å². The molecule has 0 fully saturated rings. The second kappa shape index (κ2) is 8.13. The zero-order valence-electron chi connectivity index (χ0n) is 15.7. The monoisotopic (exact) mass is 356 g/mol. The average Bonchev–Trinajstić information content (AvgIpc) is 2.59. The van der Waals surface area contributed by atoms with Gasteiger partial charge >= 0.3 is 0 Å². The number of rotatable bonds is 6. The van der Waals surface area contributed by atoms with E-state index in [4.69, 9.17) is 0 Å². The Labute approximate surface area is 153 Å². The number of carbonyl (C=O) groups excluding carboxylic acids is 2. The van der Waals surface area contributed by atoms with Crippen LogP contribution in [0.4, 0.5) is 10.1 Å². The fourth-order valence-corrected chi connectivity index (χ4v) is 2.44. The van der Waals surface area contributed by atoms with Gasteiger partial charge in [-0.15, -0.1) is 0 Å². The molecular weight excluding hydrogens is 331 g/mol. The first kappa shape index (κ1) is 19.6. The van der Waals surface area contributed by atoms with Crippen molar-refractivity contribution < 1.29 is 14.0 Å². The van der Waals surface area contributed by atoms with Crippen molar-refractivity contribution in [1.82, 2.24) is 5.32 Å². The first-order valence-corrected chi connectivity index (χ1v) is 8.62. The Kier molecular flexibility index (Phi) is 6.14. The number of hydrogen-bond donors (Lipinski definition) is 2. The number of halogens is 1. The van der Waals surface area contributed by atoms with E-state index in [-0.39, 0.29) is 18.3 Å². The molecule has 0 aliphatic rings. The summed E-state index contributed by atoms with van der Waals surface area (Å²) in [7, 11) is 0. The van der Waals surface area contributed by atoms with Crippen LogP contribution in [0.15, 0.2) is 42.5 Å². The Hall–Kier alpha value is -2.69. The summed E-state index contributed by atoms with van der Waals surface area (Å²) in [6.45, 7) is 7.36. The van der Waals surface area contributed by atoms with Gasteiger partial charge in [0.1, 0.15) is 11.2 Å². The molecule has 2 aromatic carbocycles. The van der Waals surface area contributed by atoms with E-state index in [1.165, 1.54) is 6.07 Å². The number of carbonyl (C=O) groups is 2. The zero-order chi connectivity index (χ0) is 19.3. The average molecular weight is 356 g/mol. The van der Waals surface area contributed by atoms with E-state index in [0.29, 0.717) is 17.7 Å². The van der Waals surface area contributed by atoms with Gasteiger partial charge in [0, 0.05) is 12.2 Å². The normalized spacial score (nSPS) is 11.1. The van der Waals surface area contributed by atoms with Crippen molar-refractivity contribution in [2.45, 2.75) is 34.1 Å². The molecule has 0 bridgehead atoms. The van der Waals surface area contributed by atoms with Gasteiger partial charge in [-0.05, 0) is 69.0 Å². The molecule has 0 spiro atoms. The predicted octanol–water partition coefficient (Wildman–Crippen LogP) is 3.77. The summed E-state index contributed by atoms with van der Waals surface area (Å²) in [4.78, 5) is 25.0. The van der Waals surface area contributed by atoms with Crippen LogP contribution in [0, 0.1) is 25.1 Å². The Morgan fingerprint density at radius 3 is 2.35 bits per heavy atom. The molecule has 0 aromatic heterocycles. The summed E-state index contributed by atoms with van der Waals surface area (Å²) in [5, 5.41) is 5.51. The van der Waals surface area contributed by atoms with Crippen LogP contribution in [-0.4, -0.2) is 18.4 Å². The maximum atomic E-state index is 13.6. The van der Waals surface area contributed by atoms with E-state index >= 15 is 0 Å². The SMILES string of the molecule is Cc1ccc(NC(=O)C(C)(C)C(=O)NCCc2ccccc2F)cc1C. The summed E-state index contributed by atoms with van der Waals surface area (Å²) in [5.74, 6) is -1.08. The van der Waals surface area contributed by atoms with E-state index < -0.39 is 11.3 Å². The van der Waals surface area contributed by atoms with Gasteiger partial charge in [-0.1, -0.05) is 24.3 Å². The highest BCUT2D eigenvalue weighted by molar-refractivity contribution is 6.09. The molecule has 2 N–H and O–H groups in total. The Balaban J connectivity index is 1.94. The van der Waals surface area contributed by atoms with Crippen LogP contribution in [0.2, 0.25) is 0 Å². The number of nitrogens with one attached hydrogen (secondary N) is 2. The zero-order valence-corrected chi connectivity index (χ0v) is 15.7. The topological polar surface area (TPSA) is 58.2 Å². The number of anilines is 1. The minimum atomic E-state index is -1.24. The van der Waals surface area contributed by atoms with E-state index in [0.717, 1.165) is 11.1 Å². The van der Waals surface area contributed by atoms with Gasteiger partial charge in [0.25, 0.3) is 0 Å². The third kappa shape index (κ3) is 4.69. The molecule has 0 heterocycles. The van der Waals surface area contributed by atoms with Crippen LogP contribution < -0.4 is 10.6 Å². The molecule has 2 rings (SSSR count). The summed E-state index contributed by atoms with van der Waals surface area (Å²) in [5.41, 5.74) is 2.15. The van der Waals surface area contributed by atoms with Crippen molar-refractivity contribution in [3.63, 3.8) is 0 Å². The van der Waals surface area contributed by atoms with Gasteiger partial charge in [-0.25, -0.2) is 4.39 Å². The standard InChI is InChI=1S/C21H25FN2O2/c1-14-9-10-17(13-15(14)2)24-20(26)21(3,4)19(25)23-12-11-16-7-5-6-8-18(16)22/h5-10,13H,11-12H2,1-4H3,(H,23,25)(H,24,26). The van der Waals surface area contributed by atoms with Gasteiger partial charge < -0.3 is 10.6 Å². The smallest absolute Gasteiger partial charge is 0.239 e. The lowest BCUT2D eigenvalue weighted by molar-refractivity contribution is -0.138. The summed E-state index contributed by atoms with van der Waals surface area (Å²) < 4.78 is 13.6. The highest BCUT2D eigenvalue weighted by Gasteiger charge is 2.35. The van der Waals surface area contributed by atoms with Crippen molar-refractivity contribution in [1.29, 1.82) is 0 Å². The maximum Gasteiger partial charge on any atom is 0.239 e. The van der Waals surface area contributed by atoms with E-state index in [9.17, 15) is 14.0 Å². The number of hydrogen-bond acceptors (Lipinski definition) is 2. The van der Waals surface area contributed by atoms with Gasteiger partial charge in [-0.2, -0.15) is 0 Å². The molecule has 0 unspecified atom stereocenters. The van der Waals surface area contributed by atoms with Crippen LogP contribution in [-0.2, 0) is 16.0 Å². The molecule has 5 heteroatoms. The molecule has 0 atom stereocenters. The highest BCUT2D eigenvalue weighted by Crippen LogP contribution is 2.21. The van der Waals surface area contributed by atoms with E-state index in [1.54, 1.807) is 32.0 Å². The van der Waals surface area contributed by atoms with Crippen LogP contribution in [0.25, 0.3) is 0 Å². The fourth-order valence-electron chi connectivity index (χ4n) is 2.44. The minimum Gasteiger partial charge on any atom is -0.355 e. The van der Waals surface area contributed by atoms with Crippen LogP contribution in [0.1, 0.15) is 30.5 Å². The molecule has 0 aliphatic heterocycles. The molecule has 0 saturated carbocycles. The maximum absolute atomic E-state index is 13.6. The molecule has 4 nitrogen and oxygen atoms in total. The van der Waals surface area contributed by atoms with Gasteiger partial charge in [0.15, 0.2) is 0 Å². The second-order valence-electron chi connectivity index (χ2n) is 6.98. The number of benzene rings is 2. The fraction of sp³-hybridized carbons (Fsp3) is 0.333. The van der Waals surface area contributed by atoms with E-state index in [2.05, 4.69) is 10.6 Å². The molecule has 2 amide bonds. The number of aryl methyl sites for hydroxylation is 2. The minimum absolute atomic E-state index is 0.264. The lowest BCUT2D eigenvalue weighted by Gasteiger charge is -2.23. The van der Waals surface area contributed by atoms with Crippen molar-refractivity contribution in [2.24, 2.45) is 5.41 Å². The third-order valence-electron chi connectivity index (χ3n) is 4.54. The van der Waals surface area contributed by atoms with Gasteiger partial charge in [-0.3, -0.25) is 9.59 Å². The molecule has 26 heavy (non-hydrogen) atoms. The van der Waals surface area contributed by atoms with Crippen LogP contribution in [0.3, 0.4) is 0 Å². The lowest BCUT2D eigenvalue weighted by Crippen LogP contribution is -2.45. The van der Waals surface area contributed by atoms with Crippen LogP contribution in [0.5, 0.6) is 0 Å². The molecule has 0 aliphatic carbocycles. The van der Waals surface area contributed by atoms with Crippen molar-refractivity contribution in [3.05, 3.63) is 65.0 Å². The molecule has 0 saturated heterocycles.